The smallest absolute Gasteiger partial charge is 0.250 e. The van der Waals surface area contributed by atoms with Gasteiger partial charge in [-0.1, -0.05) is 26.7 Å². The van der Waals surface area contributed by atoms with Crippen molar-refractivity contribution in [2.24, 2.45) is 0 Å². The molecule has 5 heteroatoms. The fourth-order valence-electron chi connectivity index (χ4n) is 2.20. The quantitative estimate of drug-likeness (QED) is 0.260. The normalized spacial score (nSPS) is 11.4. The lowest BCUT2D eigenvalue weighted by Crippen LogP contribution is -2.44. The molecular weight excluding hydrogens is 384 g/mol. The lowest BCUT2D eigenvalue weighted by atomic mass is 10.1. The van der Waals surface area contributed by atoms with E-state index in [0.717, 1.165) is 5.56 Å². The summed E-state index contributed by atoms with van der Waals surface area (Å²) in [6.45, 7) is 10.9. The Morgan fingerprint density at radius 3 is 2.21 bits per heavy atom. The van der Waals surface area contributed by atoms with E-state index in [4.69, 9.17) is 9.16 Å². The second-order valence-electron chi connectivity index (χ2n) is 8.04. The summed E-state index contributed by atoms with van der Waals surface area (Å²) in [5.41, 5.74) is 1.32. The molecule has 28 heavy (non-hydrogen) atoms. The van der Waals surface area contributed by atoms with Gasteiger partial charge in [-0.2, -0.15) is 0 Å². The van der Waals surface area contributed by atoms with Crippen molar-refractivity contribution in [2.75, 3.05) is 13.4 Å². The van der Waals surface area contributed by atoms with E-state index in [1.54, 1.807) is 37.1 Å². The van der Waals surface area contributed by atoms with E-state index in [2.05, 4.69) is 45.7 Å². The monoisotopic (exact) mass is 412 g/mol. The molecule has 0 aromatic heterocycles. The number of thioether (sulfide) groups is 1. The van der Waals surface area contributed by atoms with E-state index < -0.39 is 8.32 Å². The van der Waals surface area contributed by atoms with Crippen LogP contribution in [0.1, 0.15) is 36.7 Å². The topological polar surface area (TPSA) is 35.5 Å². The van der Waals surface area contributed by atoms with Gasteiger partial charge in [-0.15, -0.1) is 11.8 Å². The Bertz CT molecular complexity index is 900. The molecule has 0 bridgehead atoms. The van der Waals surface area contributed by atoms with Gasteiger partial charge in [-0.05, 0) is 72.8 Å². The molecule has 0 atom stereocenters. The number of benzene rings is 2. The number of carbonyl (C=O) groups is 1. The third-order valence-corrected chi connectivity index (χ3v) is 10.1. The summed E-state index contributed by atoms with van der Waals surface area (Å²) in [4.78, 5) is 13.8. The van der Waals surface area contributed by atoms with Crippen LogP contribution in [0.15, 0.2) is 47.4 Å². The Morgan fingerprint density at radius 1 is 1.04 bits per heavy atom. The number of ether oxygens (including phenoxy) is 1. The zero-order chi connectivity index (χ0) is 20.9. The summed E-state index contributed by atoms with van der Waals surface area (Å²) >= 11 is 1.67. The molecule has 0 amide bonds. The Kier molecular flexibility index (Phi) is 7.03. The summed E-state index contributed by atoms with van der Waals surface area (Å²) in [6.07, 6.45) is 2.03. The molecule has 0 aliphatic carbocycles. The number of hydrogen-bond acceptors (Lipinski definition) is 4. The van der Waals surface area contributed by atoms with Gasteiger partial charge in [-0.25, -0.2) is 0 Å². The van der Waals surface area contributed by atoms with Crippen LogP contribution in [0.5, 0.6) is 11.5 Å². The highest BCUT2D eigenvalue weighted by atomic mass is 32.2. The molecule has 148 valence electrons. The number of carbonyl (C=O) groups excluding carboxylic acids is 1. The number of ketones is 1. The second kappa shape index (κ2) is 8.89. The van der Waals surface area contributed by atoms with Crippen LogP contribution in [0.3, 0.4) is 0 Å². The molecule has 0 fully saturated rings. The molecule has 2 aromatic carbocycles. The summed E-state index contributed by atoms with van der Waals surface area (Å²) in [5, 5.41) is 0.0424. The number of rotatable bonds is 5. The molecule has 2 rings (SSSR count). The van der Waals surface area contributed by atoms with E-state index in [-0.39, 0.29) is 10.8 Å². The largest absolute Gasteiger partial charge is 0.541 e. The zero-order valence-electron chi connectivity index (χ0n) is 17.7. The average Bonchev–Trinajstić information content (AvgIpc) is 2.65. The maximum Gasteiger partial charge on any atom is 0.250 e. The number of hydrogen-bond donors (Lipinski definition) is 0. The van der Waals surface area contributed by atoms with Crippen LogP contribution in [0.4, 0.5) is 0 Å². The van der Waals surface area contributed by atoms with Gasteiger partial charge in [0.2, 0.25) is 5.78 Å². The molecule has 2 aromatic rings. The predicted molar refractivity (Wildman–Crippen MR) is 120 cm³/mol. The average molecular weight is 413 g/mol. The first kappa shape index (κ1) is 22.1. The molecule has 0 heterocycles. The third-order valence-electron chi connectivity index (χ3n) is 5.01. The first-order valence-electron chi connectivity index (χ1n) is 9.15. The Hall–Kier alpha value is -2.16. The minimum Gasteiger partial charge on any atom is -0.541 e. The van der Waals surface area contributed by atoms with Crippen molar-refractivity contribution in [3.63, 3.8) is 0 Å². The van der Waals surface area contributed by atoms with Crippen molar-refractivity contribution in [3.05, 3.63) is 53.6 Å². The van der Waals surface area contributed by atoms with Gasteiger partial charge in [0, 0.05) is 16.0 Å². The predicted octanol–water partition coefficient (Wildman–Crippen LogP) is 6.04. The van der Waals surface area contributed by atoms with E-state index in [1.165, 1.54) is 4.90 Å². The van der Waals surface area contributed by atoms with Gasteiger partial charge in [0.1, 0.15) is 5.75 Å². The molecule has 0 spiro atoms. The van der Waals surface area contributed by atoms with Crippen LogP contribution in [0, 0.1) is 11.8 Å². The molecular formula is C23H28O3SSi. The Morgan fingerprint density at radius 2 is 1.68 bits per heavy atom. The highest BCUT2D eigenvalue weighted by molar-refractivity contribution is 7.98. The van der Waals surface area contributed by atoms with Gasteiger partial charge in [0.05, 0.1) is 7.11 Å². The van der Waals surface area contributed by atoms with Crippen molar-refractivity contribution in [3.8, 4) is 23.3 Å². The van der Waals surface area contributed by atoms with E-state index in [9.17, 15) is 4.79 Å². The number of Topliss-reactive ketones (excluding diaryl/α,β-unsaturated/α-hetero) is 1. The molecule has 0 radical (unpaired) electrons. The fourth-order valence-corrected chi connectivity index (χ4v) is 3.62. The maximum absolute atomic E-state index is 12.6. The molecule has 0 N–H and O–H groups in total. The molecule has 0 saturated heterocycles. The van der Waals surface area contributed by atoms with Gasteiger partial charge >= 0.3 is 0 Å². The van der Waals surface area contributed by atoms with Crippen LogP contribution in [0.2, 0.25) is 18.1 Å². The lowest BCUT2D eigenvalue weighted by molar-refractivity contribution is 0.105. The van der Waals surface area contributed by atoms with Crippen LogP contribution >= 0.6 is 11.8 Å². The lowest BCUT2D eigenvalue weighted by Gasteiger charge is -2.36. The minimum absolute atomic E-state index is 0.0424. The highest BCUT2D eigenvalue weighted by Crippen LogP contribution is 2.40. The van der Waals surface area contributed by atoms with Crippen LogP contribution < -0.4 is 9.16 Å². The van der Waals surface area contributed by atoms with E-state index >= 15 is 0 Å². The van der Waals surface area contributed by atoms with E-state index in [0.29, 0.717) is 17.1 Å². The first-order valence-corrected chi connectivity index (χ1v) is 13.3. The molecule has 0 aliphatic rings. The maximum atomic E-state index is 12.6. The molecule has 0 aliphatic heterocycles. The molecule has 3 nitrogen and oxygen atoms in total. The van der Waals surface area contributed by atoms with Crippen molar-refractivity contribution in [1.29, 1.82) is 0 Å². The third kappa shape index (κ3) is 5.43. The van der Waals surface area contributed by atoms with Crippen molar-refractivity contribution in [2.45, 2.75) is 43.8 Å². The summed E-state index contributed by atoms with van der Waals surface area (Å²) in [6, 6.07) is 13.1. The van der Waals surface area contributed by atoms with Crippen molar-refractivity contribution in [1.82, 2.24) is 0 Å². The fraction of sp³-hybridized carbons (Fsp3) is 0.348. The second-order valence-corrected chi connectivity index (χ2v) is 13.6. The summed E-state index contributed by atoms with van der Waals surface area (Å²) < 4.78 is 11.8. The van der Waals surface area contributed by atoms with Gasteiger partial charge in [-0.3, -0.25) is 4.79 Å². The van der Waals surface area contributed by atoms with Gasteiger partial charge in [0.15, 0.2) is 5.75 Å². The molecule has 0 unspecified atom stereocenters. The highest BCUT2D eigenvalue weighted by Gasteiger charge is 2.39. The van der Waals surface area contributed by atoms with Gasteiger partial charge in [0.25, 0.3) is 8.32 Å². The van der Waals surface area contributed by atoms with Crippen LogP contribution in [-0.2, 0) is 0 Å². The van der Waals surface area contributed by atoms with Gasteiger partial charge < -0.3 is 9.16 Å². The minimum atomic E-state index is -2.06. The van der Waals surface area contributed by atoms with Crippen molar-refractivity contribution >= 4 is 25.9 Å². The van der Waals surface area contributed by atoms with Crippen molar-refractivity contribution < 1.29 is 14.0 Å². The Labute approximate surface area is 174 Å². The standard InChI is InChI=1S/C23H28O3SSi/c1-23(2,3)28(6,7)26-22-16-18(11-15-21(22)25-4)20(24)14-10-17-8-12-19(27-5)13-9-17/h8-9,11-13,15-16H,1-7H3. The Balaban J connectivity index is 2.29. The zero-order valence-corrected chi connectivity index (χ0v) is 19.5. The van der Waals surface area contributed by atoms with E-state index in [1.807, 2.05) is 30.5 Å². The van der Waals surface area contributed by atoms with Crippen LogP contribution in [-0.4, -0.2) is 27.5 Å². The summed E-state index contributed by atoms with van der Waals surface area (Å²) in [5.74, 6) is 6.66. The molecule has 0 saturated carbocycles. The number of methoxy groups -OCH3 is 1. The SMILES string of the molecule is COc1ccc(C(=O)C#Cc2ccc(SC)cc2)cc1O[Si](C)(C)C(C)(C)C. The van der Waals surface area contributed by atoms with Crippen LogP contribution in [0.25, 0.3) is 0 Å². The first-order chi connectivity index (χ1) is 13.1. The summed E-state index contributed by atoms with van der Waals surface area (Å²) in [7, 11) is -0.456.